The van der Waals surface area contributed by atoms with Crippen LogP contribution in [0.15, 0.2) is 34.4 Å². The lowest BCUT2D eigenvalue weighted by Crippen LogP contribution is -2.11. The molecule has 52 valence electrons. The van der Waals surface area contributed by atoms with Gasteiger partial charge in [0.15, 0.2) is 0 Å². The van der Waals surface area contributed by atoms with Gasteiger partial charge in [0.05, 0.1) is 11.9 Å². The van der Waals surface area contributed by atoms with E-state index in [0.29, 0.717) is 5.70 Å². The smallest absolute Gasteiger partial charge is 0.117 e. The topological polar surface area (TPSA) is 86.6 Å². The number of rotatable bonds is 1. The quantitative estimate of drug-likeness (QED) is 0.358. The average molecular weight is 137 g/mol. The third-order valence-electron chi connectivity index (χ3n) is 0.869. The Kier molecular flexibility index (Phi) is 1.79. The van der Waals surface area contributed by atoms with E-state index < -0.39 is 0 Å². The van der Waals surface area contributed by atoms with Crippen LogP contribution in [0, 0.1) is 5.41 Å². The number of hydrogen-bond acceptors (Lipinski definition) is 4. The zero-order valence-corrected chi connectivity index (χ0v) is 5.20. The molecule has 0 aromatic rings. The number of nitrogens with zero attached hydrogens (tertiary/aromatic N) is 2. The third kappa shape index (κ3) is 1.70. The van der Waals surface area contributed by atoms with Crippen molar-refractivity contribution in [2.45, 2.75) is 0 Å². The molecule has 1 rings (SSSR count). The number of hydrogen-bond donors (Lipinski definition) is 3. The summed E-state index contributed by atoms with van der Waals surface area (Å²) >= 11 is 0. The van der Waals surface area contributed by atoms with Crippen LogP contribution in [0.5, 0.6) is 0 Å². The molecule has 0 aliphatic carbocycles. The van der Waals surface area contributed by atoms with E-state index in [1.165, 1.54) is 12.3 Å². The molecule has 4 N–H and O–H groups in total. The first-order chi connectivity index (χ1) is 4.79. The maximum absolute atomic E-state index is 6.89. The molecule has 1 aliphatic heterocycles. The van der Waals surface area contributed by atoms with E-state index in [1.807, 2.05) is 0 Å². The van der Waals surface area contributed by atoms with E-state index in [-0.39, 0.29) is 5.84 Å². The molecular formula is C5H7N5. The van der Waals surface area contributed by atoms with E-state index in [2.05, 4.69) is 15.8 Å². The van der Waals surface area contributed by atoms with Gasteiger partial charge in [-0.05, 0) is 6.08 Å². The van der Waals surface area contributed by atoms with Crippen LogP contribution in [0.25, 0.3) is 0 Å². The summed E-state index contributed by atoms with van der Waals surface area (Å²) in [5, 5.41) is 13.9. The molecule has 1 aliphatic rings. The minimum Gasteiger partial charge on any atom is -0.384 e. The van der Waals surface area contributed by atoms with Gasteiger partial charge in [-0.15, -0.1) is 5.11 Å². The normalized spacial score (nSPS) is 19.0. The Labute approximate surface area is 57.8 Å². The lowest BCUT2D eigenvalue weighted by Gasteiger charge is -2.00. The Morgan fingerprint density at radius 1 is 1.80 bits per heavy atom. The Morgan fingerprint density at radius 2 is 2.60 bits per heavy atom. The third-order valence-corrected chi connectivity index (χ3v) is 0.869. The summed E-state index contributed by atoms with van der Waals surface area (Å²) in [5.41, 5.74) is 8.32. The van der Waals surface area contributed by atoms with Gasteiger partial charge in [0.2, 0.25) is 0 Å². The minimum absolute atomic E-state index is 0.00995. The Balaban J connectivity index is 2.67. The van der Waals surface area contributed by atoms with E-state index >= 15 is 0 Å². The molecule has 0 aromatic carbocycles. The van der Waals surface area contributed by atoms with Crippen LogP contribution in [-0.4, -0.2) is 5.84 Å². The zero-order valence-electron chi connectivity index (χ0n) is 5.20. The molecule has 0 aromatic heterocycles. The van der Waals surface area contributed by atoms with Crippen molar-refractivity contribution in [3.8, 4) is 0 Å². The predicted octanol–water partition coefficient (Wildman–Crippen LogP) is 0.290. The molecule has 0 fully saturated rings. The number of amidine groups is 1. The second kappa shape index (κ2) is 2.77. The van der Waals surface area contributed by atoms with Crippen molar-refractivity contribution in [1.29, 1.82) is 5.41 Å². The SMILES string of the molecule is N=C(N)/C=C1/C=CN=NN1. The maximum Gasteiger partial charge on any atom is 0.117 e. The van der Waals surface area contributed by atoms with Gasteiger partial charge >= 0.3 is 0 Å². The van der Waals surface area contributed by atoms with E-state index in [0.717, 1.165) is 0 Å². The van der Waals surface area contributed by atoms with Gasteiger partial charge in [0, 0.05) is 6.08 Å². The Hall–Kier alpha value is -1.65. The molecule has 0 saturated heterocycles. The first-order valence-corrected chi connectivity index (χ1v) is 2.67. The van der Waals surface area contributed by atoms with Crippen LogP contribution < -0.4 is 11.2 Å². The summed E-state index contributed by atoms with van der Waals surface area (Å²) in [4.78, 5) is 0. The van der Waals surface area contributed by atoms with Gasteiger partial charge in [0.1, 0.15) is 5.84 Å². The van der Waals surface area contributed by atoms with Crippen molar-refractivity contribution in [3.05, 3.63) is 24.0 Å². The molecule has 0 saturated carbocycles. The molecular weight excluding hydrogens is 130 g/mol. The molecule has 0 radical (unpaired) electrons. The number of nitrogens with one attached hydrogen (secondary N) is 2. The van der Waals surface area contributed by atoms with Crippen LogP contribution in [0.4, 0.5) is 0 Å². The lowest BCUT2D eigenvalue weighted by molar-refractivity contribution is 0.814. The van der Waals surface area contributed by atoms with Crippen molar-refractivity contribution < 1.29 is 0 Å². The largest absolute Gasteiger partial charge is 0.384 e. The molecule has 0 bridgehead atoms. The number of allylic oxidation sites excluding steroid dienone is 1. The average Bonchev–Trinajstić information content (AvgIpc) is 1.88. The van der Waals surface area contributed by atoms with Crippen molar-refractivity contribution in [3.63, 3.8) is 0 Å². The molecule has 0 unspecified atom stereocenters. The summed E-state index contributed by atoms with van der Waals surface area (Å²) in [6.07, 6.45) is 4.65. The summed E-state index contributed by atoms with van der Waals surface area (Å²) in [5.74, 6) is -0.00995. The first kappa shape index (κ1) is 6.47. The second-order valence-corrected chi connectivity index (χ2v) is 1.70. The molecule has 5 nitrogen and oxygen atoms in total. The van der Waals surface area contributed by atoms with Crippen LogP contribution in [-0.2, 0) is 0 Å². The summed E-state index contributed by atoms with van der Waals surface area (Å²) in [6.45, 7) is 0. The van der Waals surface area contributed by atoms with Crippen LogP contribution in [0.3, 0.4) is 0 Å². The van der Waals surface area contributed by atoms with Gasteiger partial charge in [-0.2, -0.15) is 0 Å². The highest BCUT2D eigenvalue weighted by atomic mass is 15.4. The summed E-state index contributed by atoms with van der Waals surface area (Å²) in [7, 11) is 0. The van der Waals surface area contributed by atoms with E-state index in [4.69, 9.17) is 11.1 Å². The van der Waals surface area contributed by atoms with E-state index in [1.54, 1.807) is 6.08 Å². The lowest BCUT2D eigenvalue weighted by atomic mass is 10.4. The Morgan fingerprint density at radius 3 is 3.10 bits per heavy atom. The van der Waals surface area contributed by atoms with Crippen molar-refractivity contribution >= 4 is 5.84 Å². The minimum atomic E-state index is -0.00995. The van der Waals surface area contributed by atoms with Gasteiger partial charge in [0.25, 0.3) is 0 Å². The number of nitrogens with two attached hydrogens (primary N) is 1. The van der Waals surface area contributed by atoms with Crippen LogP contribution >= 0.6 is 0 Å². The summed E-state index contributed by atoms with van der Waals surface area (Å²) < 4.78 is 0. The molecule has 5 heteroatoms. The highest BCUT2D eigenvalue weighted by molar-refractivity contribution is 5.89. The standard InChI is InChI=1S/C5H7N5/c6-5(7)3-4-1-2-8-10-9-4/h1-3H,(H3,6,7)(H,8,9)/b4-3-. The molecule has 10 heavy (non-hydrogen) atoms. The fourth-order valence-corrected chi connectivity index (χ4v) is 0.519. The Bertz CT molecular complexity index is 224. The highest BCUT2D eigenvalue weighted by Crippen LogP contribution is 1.97. The van der Waals surface area contributed by atoms with Gasteiger partial charge < -0.3 is 5.73 Å². The molecule has 1 heterocycles. The van der Waals surface area contributed by atoms with Crippen LogP contribution in [0.1, 0.15) is 0 Å². The van der Waals surface area contributed by atoms with E-state index in [9.17, 15) is 0 Å². The first-order valence-electron chi connectivity index (χ1n) is 2.67. The summed E-state index contributed by atoms with van der Waals surface area (Å²) in [6, 6.07) is 0. The van der Waals surface area contributed by atoms with Crippen molar-refractivity contribution in [2.75, 3.05) is 0 Å². The maximum atomic E-state index is 6.89. The fraction of sp³-hybridized carbons (Fsp3) is 0. The monoisotopic (exact) mass is 137 g/mol. The highest BCUT2D eigenvalue weighted by Gasteiger charge is 1.92. The van der Waals surface area contributed by atoms with Crippen molar-refractivity contribution in [1.82, 2.24) is 5.43 Å². The van der Waals surface area contributed by atoms with Crippen LogP contribution in [0.2, 0.25) is 0 Å². The molecule has 0 spiro atoms. The van der Waals surface area contributed by atoms with Gasteiger partial charge in [-0.25, -0.2) is 0 Å². The zero-order chi connectivity index (χ0) is 7.40. The fourth-order valence-electron chi connectivity index (χ4n) is 0.519. The second-order valence-electron chi connectivity index (χ2n) is 1.70. The van der Waals surface area contributed by atoms with Crippen molar-refractivity contribution in [2.24, 2.45) is 16.1 Å². The van der Waals surface area contributed by atoms with Gasteiger partial charge in [-0.1, -0.05) is 5.22 Å². The van der Waals surface area contributed by atoms with Gasteiger partial charge in [-0.3, -0.25) is 10.8 Å². The predicted molar refractivity (Wildman–Crippen MR) is 37.1 cm³/mol. The molecule has 0 amide bonds. The molecule has 0 atom stereocenters.